The second-order valence-corrected chi connectivity index (χ2v) is 4.18. The van der Waals surface area contributed by atoms with Crippen molar-refractivity contribution in [3.8, 4) is 0 Å². The number of hydrogen-bond acceptors (Lipinski definition) is 3. The summed E-state index contributed by atoms with van der Waals surface area (Å²) in [6.07, 6.45) is -4.71. The third kappa shape index (κ3) is 3.07. The van der Waals surface area contributed by atoms with Gasteiger partial charge in [-0.3, -0.25) is 14.9 Å². The Balaban J connectivity index is 2.54. The zero-order chi connectivity index (χ0) is 15.6. The van der Waals surface area contributed by atoms with Crippen LogP contribution in [0.4, 0.5) is 18.9 Å². The number of benzene rings is 2. The van der Waals surface area contributed by atoms with Crippen LogP contribution in [-0.4, -0.2) is 10.7 Å². The van der Waals surface area contributed by atoms with E-state index in [1.54, 1.807) is 18.2 Å². The van der Waals surface area contributed by atoms with E-state index < -0.39 is 28.1 Å². The summed E-state index contributed by atoms with van der Waals surface area (Å²) < 4.78 is 37.7. The lowest BCUT2D eigenvalue weighted by molar-refractivity contribution is -0.385. The van der Waals surface area contributed by atoms with Crippen molar-refractivity contribution in [3.05, 3.63) is 75.3 Å². The Morgan fingerprint density at radius 3 is 2.19 bits per heavy atom. The van der Waals surface area contributed by atoms with E-state index >= 15 is 0 Å². The van der Waals surface area contributed by atoms with E-state index in [9.17, 15) is 28.1 Å². The molecular formula is C14H8F3NO3. The van der Waals surface area contributed by atoms with Crippen molar-refractivity contribution in [2.45, 2.75) is 6.18 Å². The molecule has 4 nitrogen and oxygen atoms in total. The van der Waals surface area contributed by atoms with Crippen LogP contribution < -0.4 is 0 Å². The zero-order valence-electron chi connectivity index (χ0n) is 10.4. The van der Waals surface area contributed by atoms with Gasteiger partial charge in [0.2, 0.25) is 0 Å². The molecule has 2 aromatic carbocycles. The molecule has 0 N–H and O–H groups in total. The van der Waals surface area contributed by atoms with Crippen LogP contribution in [0.15, 0.2) is 48.5 Å². The quantitative estimate of drug-likeness (QED) is 0.491. The van der Waals surface area contributed by atoms with Crippen molar-refractivity contribution < 1.29 is 22.9 Å². The molecule has 0 aliphatic carbocycles. The van der Waals surface area contributed by atoms with E-state index in [0.717, 1.165) is 6.07 Å². The molecule has 0 unspecified atom stereocenters. The van der Waals surface area contributed by atoms with E-state index in [2.05, 4.69) is 0 Å². The first kappa shape index (κ1) is 14.7. The highest BCUT2D eigenvalue weighted by Crippen LogP contribution is 2.33. The summed E-state index contributed by atoms with van der Waals surface area (Å²) in [5, 5.41) is 10.9. The molecule has 2 rings (SSSR count). The average molecular weight is 295 g/mol. The Labute approximate surface area is 117 Å². The summed E-state index contributed by atoms with van der Waals surface area (Å²) in [4.78, 5) is 22.1. The Morgan fingerprint density at radius 1 is 1.05 bits per heavy atom. The molecule has 0 bridgehead atoms. The van der Waals surface area contributed by atoms with Crippen LogP contribution in [0, 0.1) is 10.1 Å². The summed E-state index contributed by atoms with van der Waals surface area (Å²) in [5.74, 6) is -0.698. The normalized spacial score (nSPS) is 11.2. The van der Waals surface area contributed by atoms with Gasteiger partial charge in [-0.05, 0) is 12.1 Å². The number of alkyl halides is 3. The van der Waals surface area contributed by atoms with E-state index in [-0.39, 0.29) is 11.1 Å². The number of ketones is 1. The molecule has 21 heavy (non-hydrogen) atoms. The maximum atomic E-state index is 12.6. The Kier molecular flexibility index (Phi) is 3.75. The monoisotopic (exact) mass is 295 g/mol. The van der Waals surface area contributed by atoms with Crippen molar-refractivity contribution >= 4 is 11.5 Å². The van der Waals surface area contributed by atoms with Gasteiger partial charge in [-0.2, -0.15) is 13.2 Å². The van der Waals surface area contributed by atoms with E-state index in [1.807, 2.05) is 0 Å². The number of carbonyl (C=O) groups excluding carboxylic acids is 1. The second kappa shape index (κ2) is 5.35. The molecule has 0 radical (unpaired) electrons. The topological polar surface area (TPSA) is 60.2 Å². The SMILES string of the molecule is O=C(c1ccccc1)c1ccc(C(F)(F)F)cc1[N+](=O)[O-]. The van der Waals surface area contributed by atoms with Gasteiger partial charge in [-0.25, -0.2) is 0 Å². The summed E-state index contributed by atoms with van der Waals surface area (Å²) in [6, 6.07) is 9.49. The number of halogens is 3. The molecule has 0 spiro atoms. The van der Waals surface area contributed by atoms with Gasteiger partial charge in [0.05, 0.1) is 10.5 Å². The smallest absolute Gasteiger partial charge is 0.288 e. The zero-order valence-corrected chi connectivity index (χ0v) is 10.4. The second-order valence-electron chi connectivity index (χ2n) is 4.18. The third-order valence-corrected chi connectivity index (χ3v) is 2.80. The lowest BCUT2D eigenvalue weighted by atomic mass is 10.00. The summed E-state index contributed by atoms with van der Waals surface area (Å²) >= 11 is 0. The van der Waals surface area contributed by atoms with Crippen molar-refractivity contribution in [1.82, 2.24) is 0 Å². The number of nitro benzene ring substituents is 1. The number of nitrogens with zero attached hydrogens (tertiary/aromatic N) is 1. The molecule has 0 aliphatic heterocycles. The lowest BCUT2D eigenvalue weighted by Crippen LogP contribution is -2.10. The highest BCUT2D eigenvalue weighted by molar-refractivity contribution is 6.11. The highest BCUT2D eigenvalue weighted by atomic mass is 19.4. The molecule has 108 valence electrons. The van der Waals surface area contributed by atoms with Crippen LogP contribution in [0.5, 0.6) is 0 Å². The highest BCUT2D eigenvalue weighted by Gasteiger charge is 2.34. The predicted octanol–water partition coefficient (Wildman–Crippen LogP) is 3.84. The molecule has 0 atom stereocenters. The molecule has 0 fully saturated rings. The van der Waals surface area contributed by atoms with Crippen molar-refractivity contribution in [1.29, 1.82) is 0 Å². The van der Waals surface area contributed by atoms with Gasteiger partial charge in [0.25, 0.3) is 5.69 Å². The maximum absolute atomic E-state index is 12.6. The first-order chi connectivity index (χ1) is 9.80. The number of hydrogen-bond donors (Lipinski definition) is 0. The van der Waals surface area contributed by atoms with Crippen LogP contribution >= 0.6 is 0 Å². The van der Waals surface area contributed by atoms with Crippen molar-refractivity contribution in [2.75, 3.05) is 0 Å². The Hall–Kier alpha value is -2.70. The number of nitro groups is 1. The van der Waals surface area contributed by atoms with Crippen LogP contribution in [-0.2, 0) is 6.18 Å². The average Bonchev–Trinajstić information content (AvgIpc) is 2.45. The van der Waals surface area contributed by atoms with Gasteiger partial charge in [0.15, 0.2) is 5.78 Å². The Bertz CT molecular complexity index is 696. The largest absolute Gasteiger partial charge is 0.416 e. The van der Waals surface area contributed by atoms with Gasteiger partial charge in [0, 0.05) is 11.6 Å². The molecule has 0 saturated carbocycles. The summed E-state index contributed by atoms with van der Waals surface area (Å²) in [6.45, 7) is 0. The molecular weight excluding hydrogens is 287 g/mol. The van der Waals surface area contributed by atoms with Crippen LogP contribution in [0.25, 0.3) is 0 Å². The summed E-state index contributed by atoms with van der Waals surface area (Å²) in [7, 11) is 0. The molecule has 0 aliphatic rings. The lowest BCUT2D eigenvalue weighted by Gasteiger charge is -2.08. The Morgan fingerprint density at radius 2 is 1.67 bits per heavy atom. The van der Waals surface area contributed by atoms with Gasteiger partial charge in [-0.1, -0.05) is 30.3 Å². The van der Waals surface area contributed by atoms with E-state index in [4.69, 9.17) is 0 Å². The van der Waals surface area contributed by atoms with Crippen molar-refractivity contribution in [3.63, 3.8) is 0 Å². The standard InChI is InChI=1S/C14H8F3NO3/c15-14(16,17)10-6-7-11(12(8-10)18(20)21)13(19)9-4-2-1-3-5-9/h1-8H. The molecule has 7 heteroatoms. The number of rotatable bonds is 3. The molecule has 2 aromatic rings. The summed E-state index contributed by atoms with van der Waals surface area (Å²) in [5.41, 5.74) is -2.24. The minimum absolute atomic E-state index is 0.167. The maximum Gasteiger partial charge on any atom is 0.416 e. The first-order valence-electron chi connectivity index (χ1n) is 5.76. The van der Waals surface area contributed by atoms with Gasteiger partial charge in [0.1, 0.15) is 5.56 Å². The minimum Gasteiger partial charge on any atom is -0.288 e. The fraction of sp³-hybridized carbons (Fsp3) is 0.0714. The van der Waals surface area contributed by atoms with Crippen LogP contribution in [0.3, 0.4) is 0 Å². The van der Waals surface area contributed by atoms with Gasteiger partial charge < -0.3 is 0 Å². The fourth-order valence-corrected chi connectivity index (χ4v) is 1.80. The van der Waals surface area contributed by atoms with Crippen LogP contribution in [0.2, 0.25) is 0 Å². The molecule has 0 aromatic heterocycles. The predicted molar refractivity (Wildman–Crippen MR) is 68.0 cm³/mol. The van der Waals surface area contributed by atoms with Gasteiger partial charge in [-0.15, -0.1) is 0 Å². The minimum atomic E-state index is -4.71. The van der Waals surface area contributed by atoms with E-state index in [1.165, 1.54) is 12.1 Å². The van der Waals surface area contributed by atoms with Crippen LogP contribution in [0.1, 0.15) is 21.5 Å². The molecule has 0 saturated heterocycles. The molecule has 0 heterocycles. The van der Waals surface area contributed by atoms with Crippen molar-refractivity contribution in [2.24, 2.45) is 0 Å². The van der Waals surface area contributed by atoms with Gasteiger partial charge >= 0.3 is 6.18 Å². The first-order valence-corrected chi connectivity index (χ1v) is 5.76. The third-order valence-electron chi connectivity index (χ3n) is 2.80. The van der Waals surface area contributed by atoms with E-state index in [0.29, 0.717) is 12.1 Å². The fourth-order valence-electron chi connectivity index (χ4n) is 1.80. The molecule has 0 amide bonds. The number of carbonyl (C=O) groups is 1.